The number of nitrogens with zero attached hydrogens (tertiary/aromatic N) is 1. The molecule has 2 aromatic rings. The molecule has 0 spiro atoms. The molecule has 0 radical (unpaired) electrons. The van der Waals surface area contributed by atoms with Crippen molar-refractivity contribution in [2.75, 3.05) is 0 Å². The number of rotatable bonds is 5. The summed E-state index contributed by atoms with van der Waals surface area (Å²) in [7, 11) is 0. The van der Waals surface area contributed by atoms with Gasteiger partial charge in [0.15, 0.2) is 5.78 Å². The second kappa shape index (κ2) is 6.13. The summed E-state index contributed by atoms with van der Waals surface area (Å²) in [5.41, 5.74) is 0.770. The first-order valence-electron chi connectivity index (χ1n) is 6.14. The minimum absolute atomic E-state index is 0.00537. The summed E-state index contributed by atoms with van der Waals surface area (Å²) in [6.45, 7) is 1.36. The summed E-state index contributed by atoms with van der Waals surface area (Å²) in [6.07, 6.45) is 0. The molecule has 0 aliphatic rings. The molecule has 2 aromatic carbocycles. The number of ether oxygens (including phenoxy) is 1. The monoisotopic (exact) mass is 289 g/mol. The van der Waals surface area contributed by atoms with Crippen LogP contribution < -0.4 is 4.74 Å². The van der Waals surface area contributed by atoms with E-state index in [-0.39, 0.29) is 29.4 Å². The molecule has 108 valence electrons. The Kier molecular flexibility index (Phi) is 4.27. The largest absolute Gasteiger partial charge is 0.488 e. The smallest absolute Gasteiger partial charge is 0.269 e. The predicted molar refractivity (Wildman–Crippen MR) is 73.8 cm³/mol. The molecule has 0 saturated heterocycles. The molecule has 0 aliphatic carbocycles. The van der Waals surface area contributed by atoms with Crippen molar-refractivity contribution in [1.29, 1.82) is 0 Å². The van der Waals surface area contributed by atoms with E-state index in [2.05, 4.69) is 0 Å². The average Bonchev–Trinajstić information content (AvgIpc) is 2.45. The maximum atomic E-state index is 13.2. The number of carbonyl (C=O) groups excluding carboxylic acids is 1. The van der Waals surface area contributed by atoms with Crippen molar-refractivity contribution in [3.63, 3.8) is 0 Å². The fourth-order valence-electron chi connectivity index (χ4n) is 1.83. The van der Waals surface area contributed by atoms with Crippen LogP contribution in [0.4, 0.5) is 10.1 Å². The van der Waals surface area contributed by atoms with E-state index in [1.807, 2.05) is 0 Å². The zero-order valence-electron chi connectivity index (χ0n) is 11.2. The van der Waals surface area contributed by atoms with E-state index in [9.17, 15) is 19.3 Å². The van der Waals surface area contributed by atoms with Crippen LogP contribution in [0, 0.1) is 15.9 Å². The molecule has 0 atom stereocenters. The van der Waals surface area contributed by atoms with Crippen molar-refractivity contribution in [1.82, 2.24) is 0 Å². The van der Waals surface area contributed by atoms with Gasteiger partial charge < -0.3 is 4.74 Å². The van der Waals surface area contributed by atoms with Crippen LogP contribution >= 0.6 is 0 Å². The van der Waals surface area contributed by atoms with E-state index in [1.54, 1.807) is 6.07 Å². The number of nitro groups is 1. The third-order valence-corrected chi connectivity index (χ3v) is 2.84. The first kappa shape index (κ1) is 14.6. The fraction of sp³-hybridized carbons (Fsp3) is 0.133. The van der Waals surface area contributed by atoms with Gasteiger partial charge in [0, 0.05) is 18.2 Å². The highest BCUT2D eigenvalue weighted by atomic mass is 19.1. The van der Waals surface area contributed by atoms with E-state index in [1.165, 1.54) is 37.3 Å². The summed E-state index contributed by atoms with van der Waals surface area (Å²) in [5.74, 6) is -0.646. The van der Waals surface area contributed by atoms with E-state index in [4.69, 9.17) is 4.74 Å². The molecule has 0 amide bonds. The van der Waals surface area contributed by atoms with Crippen LogP contribution in [0.15, 0.2) is 42.5 Å². The first-order chi connectivity index (χ1) is 9.97. The third kappa shape index (κ3) is 3.62. The number of Topliss-reactive ketones (excluding diaryl/α,β-unsaturated/α-hetero) is 1. The minimum Gasteiger partial charge on any atom is -0.488 e. The van der Waals surface area contributed by atoms with E-state index >= 15 is 0 Å². The van der Waals surface area contributed by atoms with Crippen molar-refractivity contribution < 1.29 is 18.8 Å². The van der Waals surface area contributed by atoms with Crippen LogP contribution in [-0.4, -0.2) is 10.7 Å². The standard InChI is InChI=1S/C15H12FNO4/c1-10(18)14-6-5-12(16)8-15(14)21-9-11-3-2-4-13(7-11)17(19)20/h2-8H,9H2,1H3. The fourth-order valence-corrected chi connectivity index (χ4v) is 1.83. The second-order valence-corrected chi connectivity index (χ2v) is 4.41. The molecular weight excluding hydrogens is 277 g/mol. The van der Waals surface area contributed by atoms with Crippen LogP contribution in [0.3, 0.4) is 0 Å². The van der Waals surface area contributed by atoms with Crippen molar-refractivity contribution in [3.05, 3.63) is 69.5 Å². The molecule has 0 saturated carbocycles. The van der Waals surface area contributed by atoms with Crippen LogP contribution in [0.25, 0.3) is 0 Å². The van der Waals surface area contributed by atoms with Gasteiger partial charge in [-0.1, -0.05) is 12.1 Å². The van der Waals surface area contributed by atoms with Crippen molar-refractivity contribution in [3.8, 4) is 5.75 Å². The summed E-state index contributed by atoms with van der Waals surface area (Å²) in [6, 6.07) is 9.57. The molecular formula is C15H12FNO4. The Balaban J connectivity index is 2.20. The number of ketones is 1. The lowest BCUT2D eigenvalue weighted by atomic mass is 10.1. The average molecular weight is 289 g/mol. The van der Waals surface area contributed by atoms with Gasteiger partial charge in [0.1, 0.15) is 18.2 Å². The maximum absolute atomic E-state index is 13.2. The third-order valence-electron chi connectivity index (χ3n) is 2.84. The Labute approximate surface area is 120 Å². The summed E-state index contributed by atoms with van der Waals surface area (Å²) in [4.78, 5) is 21.6. The number of benzene rings is 2. The zero-order chi connectivity index (χ0) is 15.4. The Morgan fingerprint density at radius 3 is 2.71 bits per heavy atom. The quantitative estimate of drug-likeness (QED) is 0.480. The zero-order valence-corrected chi connectivity index (χ0v) is 11.2. The summed E-state index contributed by atoms with van der Waals surface area (Å²) < 4.78 is 18.6. The van der Waals surface area contributed by atoms with Gasteiger partial charge in [-0.05, 0) is 24.6 Å². The Bertz CT molecular complexity index is 700. The topological polar surface area (TPSA) is 69.4 Å². The minimum atomic E-state index is -0.519. The first-order valence-corrected chi connectivity index (χ1v) is 6.14. The highest BCUT2D eigenvalue weighted by molar-refractivity contribution is 5.96. The van der Waals surface area contributed by atoms with Gasteiger partial charge in [-0.15, -0.1) is 0 Å². The van der Waals surface area contributed by atoms with Crippen molar-refractivity contribution in [2.24, 2.45) is 0 Å². The van der Waals surface area contributed by atoms with Crippen LogP contribution in [0.5, 0.6) is 5.75 Å². The summed E-state index contributed by atoms with van der Waals surface area (Å²) >= 11 is 0. The predicted octanol–water partition coefficient (Wildman–Crippen LogP) is 3.52. The van der Waals surface area contributed by atoms with Crippen molar-refractivity contribution in [2.45, 2.75) is 13.5 Å². The Morgan fingerprint density at radius 2 is 2.05 bits per heavy atom. The molecule has 0 bridgehead atoms. The molecule has 0 heterocycles. The SMILES string of the molecule is CC(=O)c1ccc(F)cc1OCc1cccc([N+](=O)[O-])c1. The highest BCUT2D eigenvalue weighted by Gasteiger charge is 2.11. The second-order valence-electron chi connectivity index (χ2n) is 4.41. The molecule has 0 unspecified atom stereocenters. The lowest BCUT2D eigenvalue weighted by molar-refractivity contribution is -0.384. The molecule has 2 rings (SSSR count). The van der Waals surface area contributed by atoms with Crippen molar-refractivity contribution >= 4 is 11.5 Å². The number of halogens is 1. The molecule has 0 aromatic heterocycles. The number of carbonyl (C=O) groups is 1. The summed E-state index contributed by atoms with van der Waals surface area (Å²) in [5, 5.41) is 10.7. The van der Waals surface area contributed by atoms with Gasteiger partial charge in [0.2, 0.25) is 0 Å². The number of hydrogen-bond donors (Lipinski definition) is 0. The Morgan fingerprint density at radius 1 is 1.29 bits per heavy atom. The number of nitro benzene ring substituents is 1. The van der Waals surface area contributed by atoms with Crippen LogP contribution in [0.1, 0.15) is 22.8 Å². The molecule has 0 aliphatic heterocycles. The van der Waals surface area contributed by atoms with Gasteiger partial charge in [-0.25, -0.2) is 4.39 Å². The van der Waals surface area contributed by atoms with Crippen LogP contribution in [0.2, 0.25) is 0 Å². The van der Waals surface area contributed by atoms with E-state index in [0.29, 0.717) is 5.56 Å². The van der Waals surface area contributed by atoms with Gasteiger partial charge in [0.25, 0.3) is 5.69 Å². The van der Waals surface area contributed by atoms with Gasteiger partial charge in [0.05, 0.1) is 10.5 Å². The van der Waals surface area contributed by atoms with Gasteiger partial charge >= 0.3 is 0 Å². The van der Waals surface area contributed by atoms with Crippen LogP contribution in [-0.2, 0) is 6.61 Å². The Hall–Kier alpha value is -2.76. The highest BCUT2D eigenvalue weighted by Crippen LogP contribution is 2.22. The molecule has 21 heavy (non-hydrogen) atoms. The lowest BCUT2D eigenvalue weighted by Gasteiger charge is -2.10. The molecule has 0 fully saturated rings. The normalized spacial score (nSPS) is 10.2. The maximum Gasteiger partial charge on any atom is 0.269 e. The number of hydrogen-bond acceptors (Lipinski definition) is 4. The molecule has 0 N–H and O–H groups in total. The van der Waals surface area contributed by atoms with Gasteiger partial charge in [-0.3, -0.25) is 14.9 Å². The lowest BCUT2D eigenvalue weighted by Crippen LogP contribution is -2.02. The van der Waals surface area contributed by atoms with Gasteiger partial charge in [-0.2, -0.15) is 0 Å². The van der Waals surface area contributed by atoms with E-state index < -0.39 is 10.7 Å². The number of non-ortho nitro benzene ring substituents is 1. The molecule has 6 heteroatoms. The van der Waals surface area contributed by atoms with E-state index in [0.717, 1.165) is 6.07 Å². The molecule has 5 nitrogen and oxygen atoms in total.